The van der Waals surface area contributed by atoms with Gasteiger partial charge in [-0.3, -0.25) is 4.79 Å². The fourth-order valence-electron chi connectivity index (χ4n) is 3.15. The van der Waals surface area contributed by atoms with Crippen LogP contribution in [0.5, 0.6) is 17.2 Å². The minimum absolute atomic E-state index is 0.133. The van der Waals surface area contributed by atoms with Gasteiger partial charge in [0.05, 0.1) is 21.3 Å². The zero-order valence-electron chi connectivity index (χ0n) is 15.2. The number of amides is 1. The molecule has 2 aromatic rings. The van der Waals surface area contributed by atoms with Crippen LogP contribution < -0.4 is 14.2 Å². The van der Waals surface area contributed by atoms with Gasteiger partial charge in [-0.15, -0.1) is 11.8 Å². The number of nitrogens with zero attached hydrogens (tertiary/aromatic N) is 1. The molecule has 1 aliphatic rings. The Bertz CT molecular complexity index is 766. The SMILES string of the molecule is COc1ccc(C2SCCC(=O)N2Cc2ccccc2)c(OC)c1OC. The standard InChI is InChI=1S/C20H23NO4S/c1-23-16-10-9-15(18(24-2)19(16)25-3)20-21(17(22)11-12-26-20)13-14-7-5-4-6-8-14/h4-10,20H,11-13H2,1-3H3. The Hall–Kier alpha value is -2.34. The molecule has 138 valence electrons. The molecule has 1 atom stereocenters. The van der Waals surface area contributed by atoms with E-state index < -0.39 is 0 Å². The Kier molecular flexibility index (Phi) is 5.93. The molecule has 3 rings (SSSR count). The second-order valence-corrected chi connectivity index (χ2v) is 7.09. The number of hydrogen-bond acceptors (Lipinski definition) is 5. The number of benzene rings is 2. The van der Waals surface area contributed by atoms with Crippen LogP contribution in [0.1, 0.15) is 22.9 Å². The van der Waals surface area contributed by atoms with Crippen LogP contribution in [0.25, 0.3) is 0 Å². The number of thioether (sulfide) groups is 1. The summed E-state index contributed by atoms with van der Waals surface area (Å²) in [5.41, 5.74) is 2.02. The number of carbonyl (C=O) groups excluding carboxylic acids is 1. The lowest BCUT2D eigenvalue weighted by atomic mass is 10.1. The summed E-state index contributed by atoms with van der Waals surface area (Å²) in [6.07, 6.45) is 0.545. The first kappa shape index (κ1) is 18.5. The van der Waals surface area contributed by atoms with Crippen molar-refractivity contribution in [3.8, 4) is 17.2 Å². The first-order valence-electron chi connectivity index (χ1n) is 8.43. The molecule has 26 heavy (non-hydrogen) atoms. The van der Waals surface area contributed by atoms with Crippen LogP contribution in [0.2, 0.25) is 0 Å². The highest BCUT2D eigenvalue weighted by molar-refractivity contribution is 7.99. The molecule has 0 aliphatic carbocycles. The third-order valence-electron chi connectivity index (χ3n) is 4.39. The van der Waals surface area contributed by atoms with Crippen molar-refractivity contribution in [2.45, 2.75) is 18.3 Å². The van der Waals surface area contributed by atoms with E-state index in [0.29, 0.717) is 30.2 Å². The van der Waals surface area contributed by atoms with E-state index in [1.54, 1.807) is 33.1 Å². The van der Waals surface area contributed by atoms with Crippen LogP contribution >= 0.6 is 11.8 Å². The zero-order chi connectivity index (χ0) is 18.5. The lowest BCUT2D eigenvalue weighted by molar-refractivity contribution is -0.132. The molecular weight excluding hydrogens is 350 g/mol. The smallest absolute Gasteiger partial charge is 0.224 e. The predicted octanol–water partition coefficient (Wildman–Crippen LogP) is 3.88. The Morgan fingerprint density at radius 3 is 2.38 bits per heavy atom. The van der Waals surface area contributed by atoms with Crippen LogP contribution in [0.3, 0.4) is 0 Å². The molecule has 1 amide bonds. The first-order chi connectivity index (χ1) is 12.7. The van der Waals surface area contributed by atoms with Gasteiger partial charge in [0.25, 0.3) is 0 Å². The van der Waals surface area contributed by atoms with Gasteiger partial charge in [-0.1, -0.05) is 30.3 Å². The lowest BCUT2D eigenvalue weighted by Crippen LogP contribution is -2.36. The zero-order valence-corrected chi connectivity index (χ0v) is 16.0. The van der Waals surface area contributed by atoms with E-state index in [2.05, 4.69) is 0 Å². The molecule has 0 bridgehead atoms. The van der Waals surface area contributed by atoms with Gasteiger partial charge in [0, 0.05) is 24.3 Å². The molecule has 1 heterocycles. The minimum atomic E-state index is -0.133. The minimum Gasteiger partial charge on any atom is -0.493 e. The molecule has 0 spiro atoms. The molecule has 1 aliphatic heterocycles. The number of carbonyl (C=O) groups is 1. The normalized spacial score (nSPS) is 17.1. The van der Waals surface area contributed by atoms with E-state index in [1.807, 2.05) is 47.4 Å². The fourth-order valence-corrected chi connectivity index (χ4v) is 4.40. The molecular formula is C20H23NO4S. The molecule has 1 unspecified atom stereocenters. The van der Waals surface area contributed by atoms with Gasteiger partial charge in [0.2, 0.25) is 11.7 Å². The summed E-state index contributed by atoms with van der Waals surface area (Å²) in [5.74, 6) is 2.69. The van der Waals surface area contributed by atoms with E-state index in [4.69, 9.17) is 14.2 Å². The van der Waals surface area contributed by atoms with E-state index in [1.165, 1.54) is 0 Å². The number of ether oxygens (including phenoxy) is 3. The summed E-state index contributed by atoms with van der Waals surface area (Å²) in [5, 5.41) is -0.133. The maximum absolute atomic E-state index is 12.7. The molecule has 1 fully saturated rings. The Balaban J connectivity index is 2.01. The van der Waals surface area contributed by atoms with Crippen molar-refractivity contribution in [3.05, 3.63) is 53.6 Å². The van der Waals surface area contributed by atoms with E-state index in [9.17, 15) is 4.79 Å². The third-order valence-corrected chi connectivity index (χ3v) is 5.66. The van der Waals surface area contributed by atoms with Gasteiger partial charge in [-0.25, -0.2) is 0 Å². The monoisotopic (exact) mass is 373 g/mol. The van der Waals surface area contributed by atoms with E-state index in [-0.39, 0.29) is 11.3 Å². The summed E-state index contributed by atoms with van der Waals surface area (Å²) in [6.45, 7) is 0.564. The van der Waals surface area contributed by atoms with Crippen LogP contribution in [0, 0.1) is 0 Å². The van der Waals surface area contributed by atoms with Gasteiger partial charge in [-0.05, 0) is 17.7 Å². The van der Waals surface area contributed by atoms with E-state index >= 15 is 0 Å². The second-order valence-electron chi connectivity index (χ2n) is 5.90. The van der Waals surface area contributed by atoms with Crippen LogP contribution in [0.15, 0.2) is 42.5 Å². The lowest BCUT2D eigenvalue weighted by Gasteiger charge is -2.36. The molecule has 0 N–H and O–H groups in total. The second kappa shape index (κ2) is 8.36. The van der Waals surface area contributed by atoms with Crippen LogP contribution in [-0.4, -0.2) is 37.9 Å². The summed E-state index contributed by atoms with van der Waals surface area (Å²) < 4.78 is 16.5. The van der Waals surface area contributed by atoms with Gasteiger partial charge in [-0.2, -0.15) is 0 Å². The molecule has 1 saturated heterocycles. The molecule has 2 aromatic carbocycles. The van der Waals surface area contributed by atoms with Crippen molar-refractivity contribution in [1.29, 1.82) is 0 Å². The molecule has 6 heteroatoms. The van der Waals surface area contributed by atoms with Crippen molar-refractivity contribution in [1.82, 2.24) is 4.90 Å². The molecule has 5 nitrogen and oxygen atoms in total. The van der Waals surface area contributed by atoms with Crippen molar-refractivity contribution >= 4 is 17.7 Å². The number of hydrogen-bond donors (Lipinski definition) is 0. The van der Waals surface area contributed by atoms with Crippen LogP contribution in [-0.2, 0) is 11.3 Å². The van der Waals surface area contributed by atoms with Crippen molar-refractivity contribution < 1.29 is 19.0 Å². The highest BCUT2D eigenvalue weighted by atomic mass is 32.2. The quantitative estimate of drug-likeness (QED) is 0.769. The summed E-state index contributed by atoms with van der Waals surface area (Å²) in [7, 11) is 4.79. The summed E-state index contributed by atoms with van der Waals surface area (Å²) in [6, 6.07) is 13.8. The largest absolute Gasteiger partial charge is 0.493 e. The fraction of sp³-hybridized carbons (Fsp3) is 0.350. The van der Waals surface area contributed by atoms with Gasteiger partial charge in [0.15, 0.2) is 11.5 Å². The average Bonchev–Trinajstić information content (AvgIpc) is 2.69. The number of methoxy groups -OCH3 is 3. The van der Waals surface area contributed by atoms with Crippen molar-refractivity contribution in [2.75, 3.05) is 27.1 Å². The summed E-state index contributed by atoms with van der Waals surface area (Å²) >= 11 is 1.74. The topological polar surface area (TPSA) is 48.0 Å². The predicted molar refractivity (Wildman–Crippen MR) is 103 cm³/mol. The van der Waals surface area contributed by atoms with Crippen LogP contribution in [0.4, 0.5) is 0 Å². The maximum Gasteiger partial charge on any atom is 0.224 e. The average molecular weight is 373 g/mol. The molecule has 0 radical (unpaired) electrons. The Morgan fingerprint density at radius 2 is 1.73 bits per heavy atom. The molecule has 0 aromatic heterocycles. The Morgan fingerprint density at radius 1 is 1.00 bits per heavy atom. The third kappa shape index (κ3) is 3.60. The highest BCUT2D eigenvalue weighted by Crippen LogP contribution is 2.48. The van der Waals surface area contributed by atoms with Gasteiger partial charge in [0.1, 0.15) is 5.37 Å². The van der Waals surface area contributed by atoms with Crippen molar-refractivity contribution in [2.24, 2.45) is 0 Å². The summed E-state index contributed by atoms with van der Waals surface area (Å²) in [4.78, 5) is 14.6. The first-order valence-corrected chi connectivity index (χ1v) is 9.48. The maximum atomic E-state index is 12.7. The molecule has 0 saturated carbocycles. The van der Waals surface area contributed by atoms with Gasteiger partial charge < -0.3 is 19.1 Å². The van der Waals surface area contributed by atoms with Gasteiger partial charge >= 0.3 is 0 Å². The van der Waals surface area contributed by atoms with Crippen molar-refractivity contribution in [3.63, 3.8) is 0 Å². The number of rotatable bonds is 6. The Labute approximate surface area is 158 Å². The highest BCUT2D eigenvalue weighted by Gasteiger charge is 2.33. The van der Waals surface area contributed by atoms with E-state index in [0.717, 1.165) is 16.9 Å².